The molecule has 120 valence electrons. The van der Waals surface area contributed by atoms with E-state index in [-0.39, 0.29) is 11.3 Å². The molecule has 4 rings (SSSR count). The molecule has 1 heterocycles. The van der Waals surface area contributed by atoms with Gasteiger partial charge in [0.25, 0.3) is 5.56 Å². The van der Waals surface area contributed by atoms with E-state index in [4.69, 9.17) is 0 Å². The van der Waals surface area contributed by atoms with Crippen LogP contribution >= 0.6 is 0 Å². The number of carbonyl (C=O) groups is 1. The quantitative estimate of drug-likeness (QED) is 0.628. The van der Waals surface area contributed by atoms with E-state index in [9.17, 15) is 9.59 Å². The largest absolute Gasteiger partial charge is 0.384 e. The molecule has 3 aromatic rings. The third-order valence-electron chi connectivity index (χ3n) is 4.67. The maximum Gasteiger partial charge on any atom is 0.251 e. The van der Waals surface area contributed by atoms with Crippen LogP contribution in [0.1, 0.15) is 29.3 Å². The van der Waals surface area contributed by atoms with Gasteiger partial charge in [0, 0.05) is 36.3 Å². The van der Waals surface area contributed by atoms with Crippen LogP contribution in [0.25, 0.3) is 22.0 Å². The first kappa shape index (κ1) is 14.7. The molecule has 0 spiro atoms. The normalized spacial score (nSPS) is 12.3. The number of carbonyl (C=O) groups excluding carboxylic acids is 1. The minimum Gasteiger partial charge on any atom is -0.384 e. The minimum absolute atomic E-state index is 0.0148. The van der Waals surface area contributed by atoms with Crippen LogP contribution in [-0.4, -0.2) is 16.9 Å². The van der Waals surface area contributed by atoms with Gasteiger partial charge in [-0.3, -0.25) is 9.59 Å². The molecule has 0 saturated carbocycles. The number of pyridine rings is 1. The fourth-order valence-corrected chi connectivity index (χ4v) is 3.46. The SMILES string of the molecule is CCCNc1ccc2c3c(cc(=O)n2C)-c2ccccc2C(=O)c13. The van der Waals surface area contributed by atoms with Crippen LogP contribution in [0.5, 0.6) is 0 Å². The van der Waals surface area contributed by atoms with Crippen molar-refractivity contribution in [3.8, 4) is 11.1 Å². The number of benzene rings is 2. The third-order valence-corrected chi connectivity index (χ3v) is 4.67. The van der Waals surface area contributed by atoms with E-state index in [0.717, 1.165) is 40.7 Å². The molecule has 0 bridgehead atoms. The summed E-state index contributed by atoms with van der Waals surface area (Å²) >= 11 is 0. The number of nitrogens with zero attached hydrogens (tertiary/aromatic N) is 1. The standard InChI is InChI=1S/C20H18N2O2/c1-3-10-21-15-8-9-16-18-14(11-17(23)22(16)2)12-6-4-5-7-13(12)20(24)19(15)18/h4-9,11,21H,3,10H2,1-2H3. The molecule has 0 fully saturated rings. The summed E-state index contributed by atoms with van der Waals surface area (Å²) in [7, 11) is 1.75. The van der Waals surface area contributed by atoms with Crippen molar-refractivity contribution in [2.24, 2.45) is 7.05 Å². The number of aromatic nitrogens is 1. The van der Waals surface area contributed by atoms with Crippen molar-refractivity contribution in [3.63, 3.8) is 0 Å². The Hall–Kier alpha value is -2.88. The Morgan fingerprint density at radius 3 is 2.50 bits per heavy atom. The van der Waals surface area contributed by atoms with Crippen LogP contribution in [-0.2, 0) is 7.05 Å². The fraction of sp³-hybridized carbons (Fsp3) is 0.200. The van der Waals surface area contributed by atoms with E-state index in [0.29, 0.717) is 11.1 Å². The van der Waals surface area contributed by atoms with Crippen molar-refractivity contribution >= 4 is 22.4 Å². The maximum atomic E-state index is 13.1. The van der Waals surface area contributed by atoms with Crippen LogP contribution in [0, 0.1) is 0 Å². The number of aryl methyl sites for hydroxylation is 1. The van der Waals surface area contributed by atoms with Gasteiger partial charge in [-0.05, 0) is 29.7 Å². The highest BCUT2D eigenvalue weighted by molar-refractivity contribution is 6.28. The minimum atomic E-state index is -0.0677. The van der Waals surface area contributed by atoms with Gasteiger partial charge in [0.05, 0.1) is 11.1 Å². The number of anilines is 1. The van der Waals surface area contributed by atoms with Crippen molar-refractivity contribution in [2.75, 3.05) is 11.9 Å². The number of hydrogen-bond acceptors (Lipinski definition) is 3. The van der Waals surface area contributed by atoms with E-state index in [1.807, 2.05) is 36.4 Å². The molecular weight excluding hydrogens is 300 g/mol. The second-order valence-electron chi connectivity index (χ2n) is 6.14. The highest BCUT2D eigenvalue weighted by Gasteiger charge is 2.28. The summed E-state index contributed by atoms with van der Waals surface area (Å²) in [5, 5.41) is 4.22. The molecule has 0 amide bonds. The smallest absolute Gasteiger partial charge is 0.251 e. The Morgan fingerprint density at radius 2 is 1.75 bits per heavy atom. The van der Waals surface area contributed by atoms with Gasteiger partial charge < -0.3 is 9.88 Å². The highest BCUT2D eigenvalue weighted by Crippen LogP contribution is 2.41. The first-order chi connectivity index (χ1) is 11.6. The summed E-state index contributed by atoms with van der Waals surface area (Å²) in [4.78, 5) is 25.5. The van der Waals surface area contributed by atoms with E-state index < -0.39 is 0 Å². The van der Waals surface area contributed by atoms with Gasteiger partial charge in [-0.15, -0.1) is 0 Å². The molecule has 2 aromatic carbocycles. The molecule has 24 heavy (non-hydrogen) atoms. The number of ketones is 1. The molecule has 0 saturated heterocycles. The fourth-order valence-electron chi connectivity index (χ4n) is 3.46. The lowest BCUT2D eigenvalue weighted by molar-refractivity contribution is 0.104. The van der Waals surface area contributed by atoms with E-state index >= 15 is 0 Å². The van der Waals surface area contributed by atoms with Crippen LogP contribution in [0.4, 0.5) is 5.69 Å². The van der Waals surface area contributed by atoms with E-state index in [2.05, 4.69) is 12.2 Å². The zero-order valence-electron chi connectivity index (χ0n) is 13.7. The summed E-state index contributed by atoms with van der Waals surface area (Å²) in [6.07, 6.45) is 0.975. The van der Waals surface area contributed by atoms with Crippen molar-refractivity contribution in [1.29, 1.82) is 0 Å². The van der Waals surface area contributed by atoms with Crippen LogP contribution in [0.3, 0.4) is 0 Å². The lowest BCUT2D eigenvalue weighted by Crippen LogP contribution is -2.21. The monoisotopic (exact) mass is 318 g/mol. The van der Waals surface area contributed by atoms with Gasteiger partial charge in [0.2, 0.25) is 0 Å². The zero-order chi connectivity index (χ0) is 16.8. The van der Waals surface area contributed by atoms with Gasteiger partial charge in [0.1, 0.15) is 0 Å². The molecule has 4 nitrogen and oxygen atoms in total. The van der Waals surface area contributed by atoms with Gasteiger partial charge in [-0.25, -0.2) is 0 Å². The second kappa shape index (κ2) is 5.34. The van der Waals surface area contributed by atoms with Crippen LogP contribution < -0.4 is 10.9 Å². The summed E-state index contributed by atoms with van der Waals surface area (Å²) in [5.74, 6) is 0.0148. The lowest BCUT2D eigenvalue weighted by Gasteiger charge is -2.23. The van der Waals surface area contributed by atoms with Crippen molar-refractivity contribution in [2.45, 2.75) is 13.3 Å². The first-order valence-corrected chi connectivity index (χ1v) is 8.18. The molecule has 1 N–H and O–H groups in total. The first-order valence-electron chi connectivity index (χ1n) is 8.18. The van der Waals surface area contributed by atoms with Crippen LogP contribution in [0.2, 0.25) is 0 Å². The van der Waals surface area contributed by atoms with Crippen molar-refractivity contribution in [1.82, 2.24) is 4.57 Å². The molecule has 0 unspecified atom stereocenters. The van der Waals surface area contributed by atoms with E-state index in [1.165, 1.54) is 0 Å². The van der Waals surface area contributed by atoms with E-state index in [1.54, 1.807) is 17.7 Å². The summed E-state index contributed by atoms with van der Waals surface area (Å²) in [6.45, 7) is 2.89. The number of fused-ring (bicyclic) bond motifs is 2. The van der Waals surface area contributed by atoms with Crippen molar-refractivity contribution < 1.29 is 4.79 Å². The molecule has 0 aliphatic heterocycles. The van der Waals surface area contributed by atoms with Crippen molar-refractivity contribution in [3.05, 3.63) is 63.9 Å². The number of nitrogens with one attached hydrogen (secondary N) is 1. The predicted octanol–water partition coefficient (Wildman–Crippen LogP) is 3.57. The summed E-state index contributed by atoms with van der Waals surface area (Å²) in [6, 6.07) is 13.0. The molecule has 1 aliphatic rings. The Morgan fingerprint density at radius 1 is 1.00 bits per heavy atom. The van der Waals surface area contributed by atoms with Gasteiger partial charge in [0.15, 0.2) is 5.78 Å². The molecule has 0 atom stereocenters. The third kappa shape index (κ3) is 1.92. The summed E-state index contributed by atoms with van der Waals surface area (Å²) in [5.41, 5.74) is 4.57. The van der Waals surface area contributed by atoms with Gasteiger partial charge in [-0.2, -0.15) is 0 Å². The Bertz CT molecular complexity index is 1050. The Kier molecular flexibility index (Phi) is 3.27. The average Bonchev–Trinajstić information content (AvgIpc) is 2.61. The molecule has 1 aliphatic carbocycles. The highest BCUT2D eigenvalue weighted by atomic mass is 16.1. The molecule has 4 heteroatoms. The molecule has 1 aromatic heterocycles. The molecule has 0 radical (unpaired) electrons. The van der Waals surface area contributed by atoms with Gasteiger partial charge in [-0.1, -0.05) is 31.2 Å². The Balaban J connectivity index is 2.17. The predicted molar refractivity (Wildman–Crippen MR) is 96.8 cm³/mol. The maximum absolute atomic E-state index is 13.1. The number of hydrogen-bond donors (Lipinski definition) is 1. The van der Waals surface area contributed by atoms with Gasteiger partial charge >= 0.3 is 0 Å². The lowest BCUT2D eigenvalue weighted by atomic mass is 9.83. The topological polar surface area (TPSA) is 51.1 Å². The second-order valence-corrected chi connectivity index (χ2v) is 6.14. The zero-order valence-corrected chi connectivity index (χ0v) is 13.7. The number of rotatable bonds is 3. The summed E-state index contributed by atoms with van der Waals surface area (Å²) < 4.78 is 1.60. The average molecular weight is 318 g/mol. The molecular formula is C20H18N2O2. The Labute approximate surface area is 139 Å². The van der Waals surface area contributed by atoms with Crippen LogP contribution in [0.15, 0.2) is 47.3 Å².